The SMILES string of the molecule is CCOc1ccc([C@@H](C)NC(=O)c2ccc(Cl)cc2[N+](=O)[O-])cc1OCC. The number of nitro groups is 1. The first kappa shape index (κ1) is 20.5. The topological polar surface area (TPSA) is 90.7 Å². The highest BCUT2D eigenvalue weighted by Crippen LogP contribution is 2.31. The van der Waals surface area contributed by atoms with Crippen molar-refractivity contribution < 1.29 is 19.2 Å². The predicted molar refractivity (Wildman–Crippen MR) is 103 cm³/mol. The Balaban J connectivity index is 2.24. The van der Waals surface area contributed by atoms with Crippen molar-refractivity contribution in [3.63, 3.8) is 0 Å². The summed E-state index contributed by atoms with van der Waals surface area (Å²) in [5.74, 6) is 0.642. The van der Waals surface area contributed by atoms with Crippen LogP contribution >= 0.6 is 11.6 Å². The molecule has 0 bridgehead atoms. The van der Waals surface area contributed by atoms with E-state index in [1.807, 2.05) is 19.9 Å². The molecule has 144 valence electrons. The summed E-state index contributed by atoms with van der Waals surface area (Å²) >= 11 is 5.79. The second kappa shape index (κ2) is 9.23. The first-order valence-electron chi connectivity index (χ1n) is 8.51. The van der Waals surface area contributed by atoms with E-state index in [1.54, 1.807) is 19.1 Å². The molecule has 2 aromatic carbocycles. The fourth-order valence-electron chi connectivity index (χ4n) is 2.54. The molecule has 0 unspecified atom stereocenters. The van der Waals surface area contributed by atoms with Gasteiger partial charge in [0.2, 0.25) is 0 Å². The van der Waals surface area contributed by atoms with Crippen molar-refractivity contribution in [1.82, 2.24) is 5.32 Å². The number of halogens is 1. The molecule has 0 aliphatic heterocycles. The Morgan fingerprint density at radius 3 is 2.44 bits per heavy atom. The molecule has 27 heavy (non-hydrogen) atoms. The summed E-state index contributed by atoms with van der Waals surface area (Å²) in [5.41, 5.74) is 0.396. The number of nitro benzene ring substituents is 1. The van der Waals surface area contributed by atoms with Gasteiger partial charge in [-0.2, -0.15) is 0 Å². The van der Waals surface area contributed by atoms with E-state index in [9.17, 15) is 14.9 Å². The van der Waals surface area contributed by atoms with Gasteiger partial charge in [-0.3, -0.25) is 14.9 Å². The van der Waals surface area contributed by atoms with Gasteiger partial charge in [-0.25, -0.2) is 0 Å². The maximum absolute atomic E-state index is 12.5. The molecule has 1 atom stereocenters. The summed E-state index contributed by atoms with van der Waals surface area (Å²) in [7, 11) is 0. The highest BCUT2D eigenvalue weighted by Gasteiger charge is 2.22. The van der Waals surface area contributed by atoms with Crippen LogP contribution in [0.25, 0.3) is 0 Å². The molecule has 2 rings (SSSR count). The van der Waals surface area contributed by atoms with Crippen LogP contribution in [0.2, 0.25) is 5.02 Å². The molecule has 1 amide bonds. The Labute approximate surface area is 162 Å². The van der Waals surface area contributed by atoms with Crippen LogP contribution in [0.3, 0.4) is 0 Å². The van der Waals surface area contributed by atoms with Gasteiger partial charge in [0.15, 0.2) is 11.5 Å². The van der Waals surface area contributed by atoms with Crippen molar-refractivity contribution in [2.75, 3.05) is 13.2 Å². The highest BCUT2D eigenvalue weighted by molar-refractivity contribution is 6.31. The fraction of sp³-hybridized carbons (Fsp3) is 0.316. The molecule has 2 aromatic rings. The molecule has 0 fully saturated rings. The zero-order valence-corrected chi connectivity index (χ0v) is 16.1. The van der Waals surface area contributed by atoms with Crippen LogP contribution in [-0.4, -0.2) is 24.0 Å². The van der Waals surface area contributed by atoms with E-state index in [0.29, 0.717) is 24.7 Å². The zero-order chi connectivity index (χ0) is 20.0. The third-order valence-electron chi connectivity index (χ3n) is 3.82. The Hall–Kier alpha value is -2.80. The van der Waals surface area contributed by atoms with Gasteiger partial charge in [-0.05, 0) is 50.6 Å². The molecule has 0 saturated carbocycles. The average Bonchev–Trinajstić information content (AvgIpc) is 2.63. The molecule has 0 saturated heterocycles. The van der Waals surface area contributed by atoms with Gasteiger partial charge in [-0.15, -0.1) is 0 Å². The van der Waals surface area contributed by atoms with Crippen molar-refractivity contribution in [2.45, 2.75) is 26.8 Å². The maximum atomic E-state index is 12.5. The number of hydrogen-bond acceptors (Lipinski definition) is 5. The molecule has 8 heteroatoms. The number of nitrogens with one attached hydrogen (secondary N) is 1. The van der Waals surface area contributed by atoms with Gasteiger partial charge >= 0.3 is 0 Å². The lowest BCUT2D eigenvalue weighted by Gasteiger charge is -2.17. The van der Waals surface area contributed by atoms with E-state index in [0.717, 1.165) is 11.6 Å². The van der Waals surface area contributed by atoms with Crippen LogP contribution in [-0.2, 0) is 0 Å². The lowest BCUT2D eigenvalue weighted by Crippen LogP contribution is -2.27. The average molecular weight is 393 g/mol. The van der Waals surface area contributed by atoms with E-state index < -0.39 is 16.9 Å². The Morgan fingerprint density at radius 1 is 1.15 bits per heavy atom. The molecule has 0 aromatic heterocycles. The lowest BCUT2D eigenvalue weighted by atomic mass is 10.1. The molecule has 0 aliphatic rings. The number of amides is 1. The summed E-state index contributed by atoms with van der Waals surface area (Å²) in [5, 5.41) is 14.1. The smallest absolute Gasteiger partial charge is 0.283 e. The van der Waals surface area contributed by atoms with E-state index in [4.69, 9.17) is 21.1 Å². The highest BCUT2D eigenvalue weighted by atomic mass is 35.5. The van der Waals surface area contributed by atoms with Crippen molar-refractivity contribution in [2.24, 2.45) is 0 Å². The van der Waals surface area contributed by atoms with Crippen molar-refractivity contribution in [3.8, 4) is 11.5 Å². The van der Waals surface area contributed by atoms with Gasteiger partial charge < -0.3 is 14.8 Å². The molecule has 1 N–H and O–H groups in total. The zero-order valence-electron chi connectivity index (χ0n) is 15.3. The normalized spacial score (nSPS) is 11.6. The monoisotopic (exact) mass is 392 g/mol. The van der Waals surface area contributed by atoms with Crippen LogP contribution in [0, 0.1) is 10.1 Å². The van der Waals surface area contributed by atoms with Crippen LogP contribution in [0.15, 0.2) is 36.4 Å². The van der Waals surface area contributed by atoms with Gasteiger partial charge in [0, 0.05) is 11.1 Å². The van der Waals surface area contributed by atoms with Gasteiger partial charge in [0.05, 0.1) is 24.2 Å². The summed E-state index contributed by atoms with van der Waals surface area (Å²) in [6, 6.07) is 8.92. The Bertz CT molecular complexity index is 841. The van der Waals surface area contributed by atoms with Crippen LogP contribution in [0.1, 0.15) is 42.7 Å². The number of carbonyl (C=O) groups excluding carboxylic acids is 1. The van der Waals surface area contributed by atoms with Crippen molar-refractivity contribution in [3.05, 3.63) is 62.7 Å². The lowest BCUT2D eigenvalue weighted by molar-refractivity contribution is -0.385. The molecular formula is C19H21ClN2O5. The minimum absolute atomic E-state index is 0.0489. The standard InChI is InChI=1S/C19H21ClN2O5/c1-4-26-17-9-6-13(10-18(17)27-5-2)12(3)21-19(23)15-8-7-14(20)11-16(15)22(24)25/h6-12H,4-5H2,1-3H3,(H,21,23)/t12-/m1/s1. The summed E-state index contributed by atoms with van der Waals surface area (Å²) in [6.07, 6.45) is 0. The first-order chi connectivity index (χ1) is 12.9. The van der Waals surface area contributed by atoms with Crippen LogP contribution < -0.4 is 14.8 Å². The minimum Gasteiger partial charge on any atom is -0.490 e. The molecule has 0 aliphatic carbocycles. The second-order valence-corrected chi connectivity index (χ2v) is 6.12. The largest absolute Gasteiger partial charge is 0.490 e. The Morgan fingerprint density at radius 2 is 1.81 bits per heavy atom. The molecule has 0 spiro atoms. The van der Waals surface area contributed by atoms with Gasteiger partial charge in [0.1, 0.15) is 5.56 Å². The molecule has 0 radical (unpaired) electrons. The van der Waals surface area contributed by atoms with Gasteiger partial charge in [0.25, 0.3) is 11.6 Å². The minimum atomic E-state index is -0.629. The fourth-order valence-corrected chi connectivity index (χ4v) is 2.71. The number of carbonyl (C=O) groups is 1. The predicted octanol–water partition coefficient (Wildman–Crippen LogP) is 4.54. The number of ether oxygens (including phenoxy) is 2. The van der Waals surface area contributed by atoms with E-state index in [-0.39, 0.29) is 16.3 Å². The van der Waals surface area contributed by atoms with E-state index >= 15 is 0 Å². The Kier molecular flexibility index (Phi) is 7.01. The van der Waals surface area contributed by atoms with Crippen LogP contribution in [0.4, 0.5) is 5.69 Å². The van der Waals surface area contributed by atoms with E-state index in [2.05, 4.69) is 5.32 Å². The third kappa shape index (κ3) is 5.10. The van der Waals surface area contributed by atoms with Crippen LogP contribution in [0.5, 0.6) is 11.5 Å². The molecule has 7 nitrogen and oxygen atoms in total. The van der Waals surface area contributed by atoms with Crippen molar-refractivity contribution >= 4 is 23.2 Å². The number of benzene rings is 2. The molecular weight excluding hydrogens is 372 g/mol. The number of nitrogens with zero attached hydrogens (tertiary/aromatic N) is 1. The summed E-state index contributed by atoms with van der Waals surface area (Å²) < 4.78 is 11.1. The summed E-state index contributed by atoms with van der Waals surface area (Å²) in [4.78, 5) is 23.1. The number of rotatable bonds is 8. The molecule has 0 heterocycles. The first-order valence-corrected chi connectivity index (χ1v) is 8.89. The second-order valence-electron chi connectivity index (χ2n) is 5.69. The van der Waals surface area contributed by atoms with Gasteiger partial charge in [-0.1, -0.05) is 17.7 Å². The third-order valence-corrected chi connectivity index (χ3v) is 4.05. The van der Waals surface area contributed by atoms with Crippen molar-refractivity contribution in [1.29, 1.82) is 0 Å². The quantitative estimate of drug-likeness (QED) is 0.526. The van der Waals surface area contributed by atoms with E-state index in [1.165, 1.54) is 12.1 Å². The maximum Gasteiger partial charge on any atom is 0.283 e. The number of hydrogen-bond donors (Lipinski definition) is 1. The summed E-state index contributed by atoms with van der Waals surface area (Å²) in [6.45, 7) is 6.51.